The Labute approximate surface area is 164 Å². The van der Waals surface area contributed by atoms with Crippen molar-refractivity contribution in [1.82, 2.24) is 4.98 Å². The molecule has 0 saturated carbocycles. The fraction of sp³-hybridized carbons (Fsp3) is 0.222. The largest absolute Gasteiger partial charge is 0.481 e. The Kier molecular flexibility index (Phi) is 5.29. The second-order valence-corrected chi connectivity index (χ2v) is 7.46. The number of carbonyl (C=O) groups excluding carboxylic acids is 1. The van der Waals surface area contributed by atoms with Crippen molar-refractivity contribution in [1.29, 1.82) is 0 Å². The lowest BCUT2D eigenvalue weighted by atomic mass is 10.1. The molecule has 0 spiro atoms. The molecule has 2 aromatic carbocycles. The molecule has 0 aliphatic rings. The minimum Gasteiger partial charge on any atom is -0.481 e. The molecule has 27 heavy (non-hydrogen) atoms. The Hall–Kier alpha value is -2.71. The number of nitro benzene ring substituents is 1. The second kappa shape index (κ2) is 7.50. The molecule has 0 saturated heterocycles. The molecular formula is C18H16ClN3O4S. The minimum atomic E-state index is -0.758. The molecule has 1 amide bonds. The Morgan fingerprint density at radius 3 is 2.59 bits per heavy atom. The number of ether oxygens (including phenoxy) is 1. The molecule has 1 atom stereocenters. The van der Waals surface area contributed by atoms with E-state index in [0.29, 0.717) is 26.1 Å². The van der Waals surface area contributed by atoms with Crippen LogP contribution in [0, 0.1) is 24.0 Å². The number of halogens is 1. The molecule has 3 rings (SSSR count). The zero-order valence-corrected chi connectivity index (χ0v) is 16.4. The van der Waals surface area contributed by atoms with E-state index in [0.717, 1.165) is 11.1 Å². The highest BCUT2D eigenvalue weighted by Crippen LogP contribution is 2.30. The van der Waals surface area contributed by atoms with Crippen molar-refractivity contribution in [2.75, 3.05) is 5.32 Å². The summed E-state index contributed by atoms with van der Waals surface area (Å²) in [7, 11) is 0. The molecule has 0 fully saturated rings. The zero-order valence-electron chi connectivity index (χ0n) is 14.8. The van der Waals surface area contributed by atoms with E-state index in [4.69, 9.17) is 16.3 Å². The van der Waals surface area contributed by atoms with Crippen LogP contribution in [-0.4, -0.2) is 21.9 Å². The second-order valence-electron chi connectivity index (χ2n) is 6.05. The van der Waals surface area contributed by atoms with Gasteiger partial charge in [0.1, 0.15) is 5.75 Å². The molecule has 140 valence electrons. The number of hydrogen-bond acceptors (Lipinski definition) is 6. The Bertz CT molecular complexity index is 1030. The summed E-state index contributed by atoms with van der Waals surface area (Å²) in [4.78, 5) is 27.1. The first kappa shape index (κ1) is 19.1. The van der Waals surface area contributed by atoms with Crippen LogP contribution in [0.1, 0.15) is 18.1 Å². The highest BCUT2D eigenvalue weighted by Gasteiger charge is 2.18. The lowest BCUT2D eigenvalue weighted by molar-refractivity contribution is -0.384. The van der Waals surface area contributed by atoms with Gasteiger partial charge in [0.25, 0.3) is 11.6 Å². The number of nitrogens with zero attached hydrogens (tertiary/aromatic N) is 2. The van der Waals surface area contributed by atoms with Crippen molar-refractivity contribution in [2.24, 2.45) is 0 Å². The van der Waals surface area contributed by atoms with Crippen LogP contribution >= 0.6 is 22.9 Å². The first-order valence-corrected chi connectivity index (χ1v) is 9.23. The topological polar surface area (TPSA) is 94.4 Å². The van der Waals surface area contributed by atoms with E-state index in [-0.39, 0.29) is 11.6 Å². The predicted molar refractivity (Wildman–Crippen MR) is 106 cm³/mol. The molecule has 1 aromatic heterocycles. The number of rotatable bonds is 5. The number of aryl methyl sites for hydroxylation is 2. The van der Waals surface area contributed by atoms with Gasteiger partial charge in [0.05, 0.1) is 15.1 Å². The van der Waals surface area contributed by atoms with E-state index < -0.39 is 11.0 Å². The fourth-order valence-corrected chi connectivity index (χ4v) is 3.53. The van der Waals surface area contributed by atoms with E-state index >= 15 is 0 Å². The van der Waals surface area contributed by atoms with Gasteiger partial charge in [-0.1, -0.05) is 22.9 Å². The number of non-ortho nitro benzene ring substituents is 1. The first-order chi connectivity index (χ1) is 12.7. The smallest absolute Gasteiger partial charge is 0.270 e. The molecule has 1 unspecified atom stereocenters. The SMILES string of the molecule is Cc1cc(OC(C)C(=O)Nc2nc3ccc([N+](=O)[O-])cc3s2)cc(C)c1Cl. The quantitative estimate of drug-likeness (QED) is 0.482. The molecule has 7 nitrogen and oxygen atoms in total. The normalized spacial score (nSPS) is 12.0. The van der Waals surface area contributed by atoms with Gasteiger partial charge in [-0.25, -0.2) is 4.98 Å². The van der Waals surface area contributed by atoms with Crippen molar-refractivity contribution < 1.29 is 14.5 Å². The number of anilines is 1. The summed E-state index contributed by atoms with van der Waals surface area (Å²) >= 11 is 7.31. The molecule has 9 heteroatoms. The van der Waals surface area contributed by atoms with Crippen molar-refractivity contribution in [2.45, 2.75) is 26.9 Å². The maximum absolute atomic E-state index is 12.4. The highest BCUT2D eigenvalue weighted by atomic mass is 35.5. The van der Waals surface area contributed by atoms with Crippen LogP contribution in [0.5, 0.6) is 5.75 Å². The molecule has 3 aromatic rings. The van der Waals surface area contributed by atoms with Crippen LogP contribution in [0.25, 0.3) is 10.2 Å². The van der Waals surface area contributed by atoms with E-state index in [1.54, 1.807) is 25.1 Å². The van der Waals surface area contributed by atoms with Gasteiger partial charge in [-0.15, -0.1) is 0 Å². The number of aromatic nitrogens is 1. The van der Waals surface area contributed by atoms with E-state index in [1.165, 1.54) is 23.5 Å². The van der Waals surface area contributed by atoms with Gasteiger partial charge in [0.15, 0.2) is 11.2 Å². The molecule has 0 aliphatic heterocycles. The number of amides is 1. The Balaban J connectivity index is 1.72. The van der Waals surface area contributed by atoms with Gasteiger partial charge in [-0.2, -0.15) is 0 Å². The Morgan fingerprint density at radius 2 is 1.96 bits per heavy atom. The zero-order chi connectivity index (χ0) is 19.7. The number of thiazole rings is 1. The van der Waals surface area contributed by atoms with Crippen LogP contribution in [-0.2, 0) is 4.79 Å². The summed E-state index contributed by atoms with van der Waals surface area (Å²) in [5, 5.41) is 14.6. The number of nitro groups is 1. The summed E-state index contributed by atoms with van der Waals surface area (Å²) < 4.78 is 6.33. The average Bonchev–Trinajstić information content (AvgIpc) is 3.00. The number of carbonyl (C=O) groups is 1. The van der Waals surface area contributed by atoms with Crippen molar-refractivity contribution >= 4 is 49.9 Å². The summed E-state index contributed by atoms with van der Waals surface area (Å²) in [6, 6.07) is 7.91. The van der Waals surface area contributed by atoms with Gasteiger partial charge in [0, 0.05) is 17.2 Å². The summed E-state index contributed by atoms with van der Waals surface area (Å²) in [5.41, 5.74) is 2.30. The van der Waals surface area contributed by atoms with Crippen molar-refractivity contribution in [3.05, 3.63) is 56.6 Å². The lowest BCUT2D eigenvalue weighted by Gasteiger charge is -2.15. The van der Waals surface area contributed by atoms with Gasteiger partial charge in [-0.05, 0) is 50.1 Å². The maximum atomic E-state index is 12.4. The van der Waals surface area contributed by atoms with Crippen LogP contribution in [0.3, 0.4) is 0 Å². The number of hydrogen-bond donors (Lipinski definition) is 1. The fourth-order valence-electron chi connectivity index (χ4n) is 2.52. The summed E-state index contributed by atoms with van der Waals surface area (Å²) in [6.45, 7) is 5.37. The maximum Gasteiger partial charge on any atom is 0.270 e. The standard InChI is InChI=1S/C18H16ClN3O4S/c1-9-6-13(7-10(2)16(9)19)26-11(3)17(23)21-18-20-14-5-4-12(22(24)25)8-15(14)27-18/h4-8,11H,1-3H3,(H,20,21,23). The third-order valence-electron chi connectivity index (χ3n) is 3.91. The van der Waals surface area contributed by atoms with Gasteiger partial charge in [0.2, 0.25) is 0 Å². The molecule has 0 aliphatic carbocycles. The third-order valence-corrected chi connectivity index (χ3v) is 5.43. The molecule has 1 N–H and O–H groups in total. The number of benzene rings is 2. The highest BCUT2D eigenvalue weighted by molar-refractivity contribution is 7.22. The molecule has 0 radical (unpaired) electrons. The Morgan fingerprint density at radius 1 is 1.30 bits per heavy atom. The van der Waals surface area contributed by atoms with E-state index in [2.05, 4.69) is 10.3 Å². The number of fused-ring (bicyclic) bond motifs is 1. The van der Waals surface area contributed by atoms with Gasteiger partial charge >= 0.3 is 0 Å². The van der Waals surface area contributed by atoms with E-state index in [1.807, 2.05) is 13.8 Å². The van der Waals surface area contributed by atoms with Gasteiger partial charge < -0.3 is 4.74 Å². The predicted octanol–water partition coefficient (Wildman–Crippen LogP) is 4.88. The number of nitrogens with one attached hydrogen (secondary N) is 1. The minimum absolute atomic E-state index is 0.0193. The summed E-state index contributed by atoms with van der Waals surface area (Å²) in [6.07, 6.45) is -0.758. The third kappa shape index (κ3) is 4.17. The summed E-state index contributed by atoms with van der Waals surface area (Å²) in [5.74, 6) is 0.186. The van der Waals surface area contributed by atoms with Crippen LogP contribution in [0.4, 0.5) is 10.8 Å². The molecule has 0 bridgehead atoms. The van der Waals surface area contributed by atoms with Crippen molar-refractivity contribution in [3.63, 3.8) is 0 Å². The average molecular weight is 406 g/mol. The monoisotopic (exact) mass is 405 g/mol. The molecular weight excluding hydrogens is 390 g/mol. The van der Waals surface area contributed by atoms with Crippen LogP contribution in [0.15, 0.2) is 30.3 Å². The molecule has 1 heterocycles. The van der Waals surface area contributed by atoms with E-state index in [9.17, 15) is 14.9 Å². The van der Waals surface area contributed by atoms with Crippen molar-refractivity contribution in [3.8, 4) is 5.75 Å². The van der Waals surface area contributed by atoms with Crippen LogP contribution in [0.2, 0.25) is 5.02 Å². The van der Waals surface area contributed by atoms with Gasteiger partial charge in [-0.3, -0.25) is 20.2 Å². The lowest BCUT2D eigenvalue weighted by Crippen LogP contribution is -2.30. The van der Waals surface area contributed by atoms with Crippen LogP contribution < -0.4 is 10.1 Å². The first-order valence-electron chi connectivity index (χ1n) is 8.04.